The van der Waals surface area contributed by atoms with E-state index < -0.39 is 95.3 Å². The molecule has 4 aliphatic heterocycles. The fraction of sp³-hybridized carbons (Fsp3) is 0.118. The molecule has 0 N–H and O–H groups in total. The van der Waals surface area contributed by atoms with Crippen molar-refractivity contribution in [2.75, 3.05) is 0 Å². The molecule has 4 aliphatic rings. The number of carbonyl (C=O) groups excluding carboxylic acids is 12. The molecule has 0 aromatic heterocycles. The minimum atomic E-state index is -1.45. The van der Waals surface area contributed by atoms with Gasteiger partial charge in [0.05, 0.1) is 92.6 Å². The molecule has 4 radical (unpaired) electrons. The van der Waals surface area contributed by atoms with Crippen molar-refractivity contribution >= 4 is 71.1 Å². The number of carbonyl (C=O) groups is 12. The molecule has 0 unspecified atom stereocenters. The van der Waals surface area contributed by atoms with Crippen LogP contribution in [0, 0.1) is 0 Å². The fourth-order valence-electron chi connectivity index (χ4n) is 10.4. The number of aliphatic carboxylic acids is 4. The van der Waals surface area contributed by atoms with Crippen molar-refractivity contribution in [3.8, 4) is 0 Å². The summed E-state index contributed by atoms with van der Waals surface area (Å²) in [4.78, 5) is 148. The molecular formula is C68H48N4O16Rh4+4. The molecule has 8 amide bonds. The average molecular weight is 1590 g/mol. The zero-order valence-electron chi connectivity index (χ0n) is 47.6. The van der Waals surface area contributed by atoms with Gasteiger partial charge in [-0.1, -0.05) is 170 Å². The third-order valence-electron chi connectivity index (χ3n) is 14.7. The maximum atomic E-state index is 12.4. The second kappa shape index (κ2) is 33.1. The van der Waals surface area contributed by atoms with Crippen molar-refractivity contribution in [2.24, 2.45) is 0 Å². The number of rotatable bonds is 16. The van der Waals surface area contributed by atoms with Crippen molar-refractivity contribution in [3.63, 3.8) is 0 Å². The Labute approximate surface area is 577 Å². The van der Waals surface area contributed by atoms with E-state index in [1.165, 1.54) is 48.5 Å². The summed E-state index contributed by atoms with van der Waals surface area (Å²) in [6.07, 6.45) is 0.0898. The second-order valence-electron chi connectivity index (χ2n) is 20.2. The summed E-state index contributed by atoms with van der Waals surface area (Å²) in [6, 6.07) is 55.3. The van der Waals surface area contributed by atoms with Crippen LogP contribution in [0.3, 0.4) is 0 Å². The molecule has 4 heterocycles. The first-order chi connectivity index (χ1) is 42.4. The van der Waals surface area contributed by atoms with Gasteiger partial charge in [-0.3, -0.25) is 58.0 Å². The van der Waals surface area contributed by atoms with Crippen molar-refractivity contribution in [1.82, 2.24) is 19.6 Å². The van der Waals surface area contributed by atoms with Crippen LogP contribution in [0.5, 0.6) is 0 Å². The molecule has 0 spiro atoms. The minimum absolute atomic E-state index is 0. The Morgan fingerprint density at radius 3 is 0.467 bits per heavy atom. The largest absolute Gasteiger partial charge is 2.00 e. The van der Waals surface area contributed by atoms with E-state index in [0.717, 1.165) is 19.6 Å². The number of hydrogen-bond acceptors (Lipinski definition) is 16. The van der Waals surface area contributed by atoms with Crippen LogP contribution in [0.4, 0.5) is 0 Å². The number of imide groups is 4. The number of hydrogen-bond donors (Lipinski definition) is 0. The van der Waals surface area contributed by atoms with Crippen LogP contribution >= 0.6 is 0 Å². The van der Waals surface area contributed by atoms with Gasteiger partial charge in [0.2, 0.25) is 0 Å². The molecule has 24 heteroatoms. The number of benzene rings is 8. The number of fused-ring (bicyclic) bond motifs is 4. The minimum Gasteiger partial charge on any atom is -0.548 e. The monoisotopic (exact) mass is 1590 g/mol. The Bertz CT molecular complexity index is 3420. The molecule has 8 aromatic carbocycles. The predicted molar refractivity (Wildman–Crippen MR) is 304 cm³/mol. The summed E-state index contributed by atoms with van der Waals surface area (Å²) < 4.78 is 0. The van der Waals surface area contributed by atoms with Gasteiger partial charge in [0.1, 0.15) is 0 Å². The SMILES string of the molecule is O=C([O-])[C@H](Cc1ccccc1)N1C(=O)c2ccccc2C1=O.O=C([O-])[C@H](Cc1ccccc1)N1C(=O)c2ccccc2C1=O.O=C([O-])[C@H](Cc1ccccc1)N1C(=O)c2ccccc2C1=O.O=C([O-])[C@H](Cc1ccccc1)N1C(=O)c2ccccc2C1=O.[Rh+2].[Rh+2].[Rh+2].[Rh+2]. The quantitative estimate of drug-likeness (QED) is 0.0991. The normalized spacial score (nSPS) is 14.2. The molecule has 4 atom stereocenters. The third kappa shape index (κ3) is 16.0. The average Bonchev–Trinajstić information content (AvgIpc) is 1.68. The van der Waals surface area contributed by atoms with Gasteiger partial charge >= 0.3 is 77.9 Å². The maximum Gasteiger partial charge on any atom is 2.00 e. The van der Waals surface area contributed by atoms with E-state index in [4.69, 9.17) is 0 Å². The van der Waals surface area contributed by atoms with Gasteiger partial charge in [0, 0.05) is 0 Å². The van der Waals surface area contributed by atoms with Gasteiger partial charge in [-0.25, -0.2) is 0 Å². The van der Waals surface area contributed by atoms with E-state index in [1.54, 1.807) is 170 Å². The van der Waals surface area contributed by atoms with Crippen molar-refractivity contribution < 1.29 is 156 Å². The molecule has 92 heavy (non-hydrogen) atoms. The summed E-state index contributed by atoms with van der Waals surface area (Å²) in [7, 11) is 0. The van der Waals surface area contributed by atoms with E-state index >= 15 is 0 Å². The summed E-state index contributed by atoms with van der Waals surface area (Å²) >= 11 is 0. The molecule has 0 aliphatic carbocycles. The van der Waals surface area contributed by atoms with Gasteiger partial charge in [0.15, 0.2) is 0 Å². The van der Waals surface area contributed by atoms with E-state index in [2.05, 4.69) is 0 Å². The van der Waals surface area contributed by atoms with Crippen LogP contribution in [0.1, 0.15) is 105 Å². The van der Waals surface area contributed by atoms with Crippen LogP contribution in [-0.2, 0) is 123 Å². The summed E-state index contributed by atoms with van der Waals surface area (Å²) in [6.45, 7) is 0. The zero-order valence-corrected chi connectivity index (χ0v) is 54.1. The van der Waals surface area contributed by atoms with Crippen molar-refractivity contribution in [2.45, 2.75) is 49.9 Å². The second-order valence-corrected chi connectivity index (χ2v) is 20.2. The first-order valence-electron chi connectivity index (χ1n) is 27.2. The Hall–Kier alpha value is -9.31. The molecule has 0 saturated carbocycles. The predicted octanol–water partition coefficient (Wildman–Crippen LogP) is 2.57. The van der Waals surface area contributed by atoms with Gasteiger partial charge in [0.25, 0.3) is 47.3 Å². The van der Waals surface area contributed by atoms with E-state index in [1.807, 2.05) is 0 Å². The summed E-state index contributed by atoms with van der Waals surface area (Å²) in [5, 5.41) is 45.9. The number of nitrogens with zero attached hydrogens (tertiary/aromatic N) is 4. The van der Waals surface area contributed by atoms with Crippen LogP contribution in [0.15, 0.2) is 218 Å². The molecule has 468 valence electrons. The molecule has 0 saturated heterocycles. The molecular weight excluding hydrogens is 1540 g/mol. The van der Waals surface area contributed by atoms with Crippen molar-refractivity contribution in [3.05, 3.63) is 285 Å². The van der Waals surface area contributed by atoms with E-state index in [-0.39, 0.29) is 148 Å². The summed E-state index contributed by atoms with van der Waals surface area (Å²) in [5.74, 6) is -10.5. The van der Waals surface area contributed by atoms with Gasteiger partial charge in [-0.05, 0) is 96.5 Å². The Morgan fingerprint density at radius 1 is 0.228 bits per heavy atom. The Kier molecular flexibility index (Phi) is 26.5. The summed E-state index contributed by atoms with van der Waals surface area (Å²) in [5.41, 5.74) is 4.69. The van der Waals surface area contributed by atoms with Gasteiger partial charge in [-0.2, -0.15) is 0 Å². The van der Waals surface area contributed by atoms with Crippen LogP contribution in [0.2, 0.25) is 0 Å². The van der Waals surface area contributed by atoms with Crippen LogP contribution in [-0.4, -0.2) is 115 Å². The van der Waals surface area contributed by atoms with Gasteiger partial charge in [-0.15, -0.1) is 0 Å². The van der Waals surface area contributed by atoms with Crippen LogP contribution in [0.25, 0.3) is 0 Å². The molecule has 0 bridgehead atoms. The fourth-order valence-corrected chi connectivity index (χ4v) is 10.4. The first-order valence-corrected chi connectivity index (χ1v) is 27.2. The molecule has 8 aromatic rings. The third-order valence-corrected chi connectivity index (χ3v) is 14.7. The smallest absolute Gasteiger partial charge is 0.548 e. The Morgan fingerprint density at radius 2 is 0.348 bits per heavy atom. The molecule has 20 nitrogen and oxygen atoms in total. The number of amides is 8. The molecule has 0 fully saturated rings. The maximum absolute atomic E-state index is 12.4. The van der Waals surface area contributed by atoms with Gasteiger partial charge < -0.3 is 39.6 Å². The van der Waals surface area contributed by atoms with E-state index in [0.29, 0.717) is 22.3 Å². The molecule has 12 rings (SSSR count). The topological polar surface area (TPSA) is 310 Å². The van der Waals surface area contributed by atoms with Crippen molar-refractivity contribution in [1.29, 1.82) is 0 Å². The number of carboxylic acids is 4. The standard InChI is InChI=1S/4C17H13NO4.4Rh/c4*19-15-12-8-4-5-9-13(12)16(20)18(15)14(17(21)22)10-11-6-2-1-3-7-11;;;;/h4*1-9,14H,10H2,(H,21,22);;;;/q;;;;4*+2/p-4/t4*14-;;;;/m0000..../s1. The first kappa shape index (κ1) is 73.4. The van der Waals surface area contributed by atoms with Crippen LogP contribution < -0.4 is 20.4 Å². The zero-order chi connectivity index (χ0) is 62.8. The number of carboxylic acid groups (broad SMARTS) is 4. The van der Waals surface area contributed by atoms with E-state index in [9.17, 15) is 78.0 Å². The Balaban J connectivity index is 0.000000219.